The van der Waals surface area contributed by atoms with E-state index >= 15 is 0 Å². The third kappa shape index (κ3) is 2.18. The number of anilines is 1. The van der Waals surface area contributed by atoms with Crippen molar-refractivity contribution in [2.45, 2.75) is 18.1 Å². The van der Waals surface area contributed by atoms with Crippen molar-refractivity contribution in [2.24, 2.45) is 0 Å². The molecule has 1 aliphatic rings. The number of nitrogens with one attached hydrogen (secondary N) is 1. The molecule has 0 spiro atoms. The van der Waals surface area contributed by atoms with Gasteiger partial charge in [0.25, 0.3) is 0 Å². The Morgan fingerprint density at radius 3 is 2.67 bits per heavy atom. The smallest absolute Gasteiger partial charge is 0.235 e. The first-order valence-corrected chi connectivity index (χ1v) is 6.42. The molecule has 1 aromatic rings. The summed E-state index contributed by atoms with van der Waals surface area (Å²) < 4.78 is 25.4. The van der Waals surface area contributed by atoms with Gasteiger partial charge in [-0.1, -0.05) is 17.7 Å². The van der Waals surface area contributed by atoms with Crippen molar-refractivity contribution < 1.29 is 13.5 Å². The maximum Gasteiger partial charge on any atom is 0.235 e. The lowest BCUT2D eigenvalue weighted by molar-refractivity contribution is 0.478. The van der Waals surface area contributed by atoms with E-state index < -0.39 is 10.0 Å². The molecule has 1 fully saturated rings. The Kier molecular flexibility index (Phi) is 2.52. The molecule has 0 amide bonds. The molecule has 0 radical (unpaired) electrons. The van der Waals surface area contributed by atoms with Crippen molar-refractivity contribution in [3.63, 3.8) is 0 Å². The topological polar surface area (TPSA) is 66.4 Å². The second-order valence-electron chi connectivity index (χ2n) is 3.48. The quantitative estimate of drug-likeness (QED) is 0.803. The number of phenols is 1. The fraction of sp³-hybridized carbons (Fsp3) is 0.333. The average molecular weight is 248 g/mol. The van der Waals surface area contributed by atoms with Crippen molar-refractivity contribution in [1.82, 2.24) is 0 Å². The lowest BCUT2D eigenvalue weighted by atomic mass is 10.3. The van der Waals surface area contributed by atoms with Gasteiger partial charge in [0, 0.05) is 0 Å². The van der Waals surface area contributed by atoms with Gasteiger partial charge < -0.3 is 5.11 Å². The predicted octanol–water partition coefficient (Wildman–Crippen LogP) is 1.95. The Morgan fingerprint density at radius 2 is 2.07 bits per heavy atom. The molecule has 0 heterocycles. The minimum atomic E-state index is -3.35. The standard InChI is InChI=1S/C9H10ClNO3S/c10-7-2-1-3-8(9(7)12)11-15(13,14)6-4-5-6/h1-3,6,11-12H,4-5H2. The molecule has 82 valence electrons. The number of sulfonamides is 1. The van der Waals surface area contributed by atoms with E-state index in [0.717, 1.165) is 0 Å². The molecular weight excluding hydrogens is 238 g/mol. The van der Waals surface area contributed by atoms with Gasteiger partial charge >= 0.3 is 0 Å². The number of aromatic hydroxyl groups is 1. The van der Waals surface area contributed by atoms with E-state index in [1.54, 1.807) is 6.07 Å². The van der Waals surface area contributed by atoms with E-state index in [9.17, 15) is 13.5 Å². The minimum absolute atomic E-state index is 0.131. The molecule has 0 atom stereocenters. The van der Waals surface area contributed by atoms with Crippen molar-refractivity contribution in [2.75, 3.05) is 4.72 Å². The highest BCUT2D eigenvalue weighted by molar-refractivity contribution is 7.93. The van der Waals surface area contributed by atoms with Crippen LogP contribution in [0, 0.1) is 0 Å². The fourth-order valence-electron chi connectivity index (χ4n) is 1.21. The van der Waals surface area contributed by atoms with Crippen LogP contribution in [0.2, 0.25) is 5.02 Å². The third-order valence-corrected chi connectivity index (χ3v) is 4.36. The molecule has 2 N–H and O–H groups in total. The molecule has 1 aliphatic carbocycles. The van der Waals surface area contributed by atoms with Gasteiger partial charge in [-0.25, -0.2) is 8.42 Å². The van der Waals surface area contributed by atoms with Crippen LogP contribution >= 0.6 is 11.6 Å². The van der Waals surface area contributed by atoms with E-state index in [0.29, 0.717) is 12.8 Å². The van der Waals surface area contributed by atoms with Gasteiger partial charge in [0.2, 0.25) is 10.0 Å². The summed E-state index contributed by atoms with van der Waals surface area (Å²) in [6.45, 7) is 0. The van der Waals surface area contributed by atoms with Gasteiger partial charge in [0.15, 0.2) is 5.75 Å². The molecule has 0 saturated heterocycles. The third-order valence-electron chi connectivity index (χ3n) is 2.20. The highest BCUT2D eigenvalue weighted by atomic mass is 35.5. The van der Waals surface area contributed by atoms with Gasteiger partial charge in [-0.05, 0) is 25.0 Å². The monoisotopic (exact) mass is 247 g/mol. The molecule has 4 nitrogen and oxygen atoms in total. The number of hydrogen-bond acceptors (Lipinski definition) is 3. The van der Waals surface area contributed by atoms with Gasteiger partial charge in [-0.2, -0.15) is 0 Å². The van der Waals surface area contributed by atoms with Crippen molar-refractivity contribution >= 4 is 27.3 Å². The molecule has 6 heteroatoms. The largest absolute Gasteiger partial charge is 0.504 e. The first-order valence-electron chi connectivity index (χ1n) is 4.50. The lowest BCUT2D eigenvalue weighted by Crippen LogP contribution is -2.17. The SMILES string of the molecule is O=S(=O)(Nc1cccc(Cl)c1O)C1CC1. The normalized spacial score (nSPS) is 16.3. The second-order valence-corrected chi connectivity index (χ2v) is 5.85. The molecule has 1 saturated carbocycles. The Bertz CT molecular complexity index is 482. The summed E-state index contributed by atoms with van der Waals surface area (Å²) in [4.78, 5) is 0. The Balaban J connectivity index is 2.28. The number of para-hydroxylation sites is 1. The van der Waals surface area contributed by atoms with Crippen molar-refractivity contribution in [3.8, 4) is 5.75 Å². The Hall–Kier alpha value is -0.940. The van der Waals surface area contributed by atoms with Crippen LogP contribution in [0.5, 0.6) is 5.75 Å². The molecule has 0 unspecified atom stereocenters. The van der Waals surface area contributed by atoms with Gasteiger partial charge in [0.05, 0.1) is 16.0 Å². The minimum Gasteiger partial charge on any atom is -0.504 e. The Morgan fingerprint density at radius 1 is 1.40 bits per heavy atom. The number of phenolic OH excluding ortho intramolecular Hbond substituents is 1. The van der Waals surface area contributed by atoms with E-state index in [1.165, 1.54) is 12.1 Å². The van der Waals surface area contributed by atoms with E-state index in [4.69, 9.17) is 11.6 Å². The first-order chi connectivity index (χ1) is 7.00. The average Bonchev–Trinajstić information content (AvgIpc) is 2.95. The summed E-state index contributed by atoms with van der Waals surface area (Å²) in [5, 5.41) is 9.31. The first kappa shape index (κ1) is 10.6. The summed E-state index contributed by atoms with van der Waals surface area (Å²) in [5.74, 6) is -0.233. The van der Waals surface area contributed by atoms with E-state index in [2.05, 4.69) is 4.72 Å². The highest BCUT2D eigenvalue weighted by Gasteiger charge is 2.36. The van der Waals surface area contributed by atoms with Crippen LogP contribution in [0.4, 0.5) is 5.69 Å². The van der Waals surface area contributed by atoms with Crippen LogP contribution < -0.4 is 4.72 Å². The van der Waals surface area contributed by atoms with E-state index in [-0.39, 0.29) is 21.7 Å². The molecule has 0 aromatic heterocycles. The highest BCUT2D eigenvalue weighted by Crippen LogP contribution is 2.35. The summed E-state index contributed by atoms with van der Waals surface area (Å²) >= 11 is 5.65. The van der Waals surface area contributed by atoms with Crippen molar-refractivity contribution in [3.05, 3.63) is 23.2 Å². The van der Waals surface area contributed by atoms with Crippen LogP contribution in [-0.2, 0) is 10.0 Å². The summed E-state index contributed by atoms with van der Waals surface area (Å²) in [5.41, 5.74) is 0.134. The number of hydrogen-bond donors (Lipinski definition) is 2. The molecule has 15 heavy (non-hydrogen) atoms. The zero-order chi connectivity index (χ0) is 11.1. The van der Waals surface area contributed by atoms with E-state index in [1.807, 2.05) is 0 Å². The molecule has 1 aromatic carbocycles. The number of rotatable bonds is 3. The van der Waals surface area contributed by atoms with Gasteiger partial charge in [0.1, 0.15) is 0 Å². The fourth-order valence-corrected chi connectivity index (χ4v) is 2.78. The maximum atomic E-state index is 11.6. The zero-order valence-electron chi connectivity index (χ0n) is 7.77. The zero-order valence-corrected chi connectivity index (χ0v) is 9.35. The lowest BCUT2D eigenvalue weighted by Gasteiger charge is -2.09. The summed E-state index contributed by atoms with van der Waals surface area (Å²) in [6, 6.07) is 4.54. The van der Waals surface area contributed by atoms with Crippen LogP contribution in [0.3, 0.4) is 0 Å². The molecule has 0 bridgehead atoms. The van der Waals surface area contributed by atoms with Gasteiger partial charge in [-0.15, -0.1) is 0 Å². The molecule has 0 aliphatic heterocycles. The number of benzene rings is 1. The predicted molar refractivity (Wildman–Crippen MR) is 58.7 cm³/mol. The van der Waals surface area contributed by atoms with Gasteiger partial charge in [-0.3, -0.25) is 4.72 Å². The van der Waals surface area contributed by atoms with Crippen LogP contribution in [0.1, 0.15) is 12.8 Å². The van der Waals surface area contributed by atoms with Crippen LogP contribution in [-0.4, -0.2) is 18.8 Å². The summed E-state index contributed by atoms with van der Waals surface area (Å²) in [6.07, 6.45) is 1.35. The maximum absolute atomic E-state index is 11.6. The molecular formula is C9H10ClNO3S. The Labute approximate surface area is 92.9 Å². The number of halogens is 1. The van der Waals surface area contributed by atoms with Crippen LogP contribution in [0.25, 0.3) is 0 Å². The molecule has 2 rings (SSSR count). The van der Waals surface area contributed by atoms with Crippen LogP contribution in [0.15, 0.2) is 18.2 Å². The van der Waals surface area contributed by atoms with Crippen molar-refractivity contribution in [1.29, 1.82) is 0 Å². The summed E-state index contributed by atoms with van der Waals surface area (Å²) in [7, 11) is -3.35. The second kappa shape index (κ2) is 3.57.